The first-order chi connectivity index (χ1) is 8.94. The van der Waals surface area contributed by atoms with Crippen molar-refractivity contribution in [3.63, 3.8) is 0 Å². The number of hydrogen-bond acceptors (Lipinski definition) is 3. The van der Waals surface area contributed by atoms with Gasteiger partial charge in [0.05, 0.1) is 14.1 Å². The van der Waals surface area contributed by atoms with E-state index in [4.69, 9.17) is 10.5 Å². The Morgan fingerprint density at radius 1 is 1.37 bits per heavy atom. The third kappa shape index (κ3) is 5.81. The second-order valence-corrected chi connectivity index (χ2v) is 5.24. The molecule has 1 aromatic rings. The number of hydrogen-bond donors (Lipinski definition) is 1. The van der Waals surface area contributed by atoms with Gasteiger partial charge in [-0.3, -0.25) is 9.28 Å². The SMILES string of the molecule is C[N+](C)(CF)CCOC(=O)C(N)Cc1ccccc1. The highest BCUT2D eigenvalue weighted by molar-refractivity contribution is 5.75. The van der Waals surface area contributed by atoms with E-state index in [1.165, 1.54) is 0 Å². The Kier molecular flexibility index (Phi) is 5.92. The number of ether oxygens (including phenoxy) is 1. The summed E-state index contributed by atoms with van der Waals surface area (Å²) in [7, 11) is 3.47. The zero-order valence-corrected chi connectivity index (χ0v) is 11.5. The van der Waals surface area contributed by atoms with Crippen LogP contribution in [0.4, 0.5) is 4.39 Å². The zero-order chi connectivity index (χ0) is 14.3. The van der Waals surface area contributed by atoms with Gasteiger partial charge in [-0.05, 0) is 12.0 Å². The second kappa shape index (κ2) is 7.21. The molecule has 0 saturated carbocycles. The fourth-order valence-corrected chi connectivity index (χ4v) is 1.51. The highest BCUT2D eigenvalue weighted by Gasteiger charge is 2.18. The Morgan fingerprint density at radius 3 is 2.58 bits per heavy atom. The second-order valence-electron chi connectivity index (χ2n) is 5.24. The summed E-state index contributed by atoms with van der Waals surface area (Å²) in [5.74, 6) is -0.442. The van der Waals surface area contributed by atoms with Gasteiger partial charge >= 0.3 is 5.97 Å². The van der Waals surface area contributed by atoms with E-state index in [9.17, 15) is 9.18 Å². The molecule has 0 aliphatic rings. The summed E-state index contributed by atoms with van der Waals surface area (Å²) in [6, 6.07) is 8.85. The molecular formula is C14H22FN2O2+. The van der Waals surface area contributed by atoms with Crippen LogP contribution in [0.15, 0.2) is 30.3 Å². The van der Waals surface area contributed by atoms with E-state index in [0.717, 1.165) is 5.56 Å². The van der Waals surface area contributed by atoms with Crippen molar-refractivity contribution in [2.45, 2.75) is 12.5 Å². The van der Waals surface area contributed by atoms with Gasteiger partial charge in [-0.1, -0.05) is 30.3 Å². The summed E-state index contributed by atoms with van der Waals surface area (Å²) >= 11 is 0. The Morgan fingerprint density at radius 2 is 2.00 bits per heavy atom. The van der Waals surface area contributed by atoms with Crippen LogP contribution in [-0.4, -0.2) is 50.5 Å². The van der Waals surface area contributed by atoms with E-state index in [1.807, 2.05) is 30.3 Å². The summed E-state index contributed by atoms with van der Waals surface area (Å²) in [6.07, 6.45) is 0.445. The normalized spacial score (nSPS) is 13.1. The first-order valence-electron chi connectivity index (χ1n) is 6.29. The largest absolute Gasteiger partial charge is 0.459 e. The van der Waals surface area contributed by atoms with E-state index >= 15 is 0 Å². The summed E-state index contributed by atoms with van der Waals surface area (Å²) in [5.41, 5.74) is 6.77. The van der Waals surface area contributed by atoms with Crippen molar-refractivity contribution in [1.29, 1.82) is 0 Å². The molecule has 0 amide bonds. The van der Waals surface area contributed by atoms with Crippen molar-refractivity contribution in [2.24, 2.45) is 5.73 Å². The number of likely N-dealkylation sites (N-methyl/N-ethyl adjacent to an activating group) is 1. The van der Waals surface area contributed by atoms with Crippen LogP contribution in [0.5, 0.6) is 0 Å². The third-order valence-corrected chi connectivity index (χ3v) is 2.87. The van der Waals surface area contributed by atoms with Crippen LogP contribution in [0.2, 0.25) is 0 Å². The summed E-state index contributed by atoms with van der Waals surface area (Å²) in [4.78, 5) is 11.7. The number of nitrogens with zero attached hydrogens (tertiary/aromatic N) is 1. The summed E-state index contributed by atoms with van der Waals surface area (Å²) in [5, 5.41) is 0. The fourth-order valence-electron chi connectivity index (χ4n) is 1.51. The maximum Gasteiger partial charge on any atom is 0.323 e. The highest BCUT2D eigenvalue weighted by atomic mass is 19.1. The molecule has 0 aromatic heterocycles. The van der Waals surface area contributed by atoms with Gasteiger partial charge in [-0.2, -0.15) is 4.39 Å². The van der Waals surface area contributed by atoms with Crippen LogP contribution in [0.1, 0.15) is 5.56 Å². The van der Waals surface area contributed by atoms with Crippen LogP contribution < -0.4 is 5.73 Å². The molecule has 0 aliphatic heterocycles. The average Bonchev–Trinajstić information content (AvgIpc) is 2.39. The maximum absolute atomic E-state index is 12.5. The molecular weight excluding hydrogens is 247 g/mol. The highest BCUT2D eigenvalue weighted by Crippen LogP contribution is 2.03. The number of alkyl halides is 1. The smallest absolute Gasteiger partial charge is 0.323 e. The number of carbonyl (C=O) groups excluding carboxylic acids is 1. The first kappa shape index (κ1) is 15.6. The number of benzene rings is 1. The number of rotatable bonds is 7. The van der Waals surface area contributed by atoms with Gasteiger partial charge in [0, 0.05) is 0 Å². The molecule has 19 heavy (non-hydrogen) atoms. The molecule has 0 saturated heterocycles. The van der Waals surface area contributed by atoms with Gasteiger partial charge in [-0.15, -0.1) is 0 Å². The van der Waals surface area contributed by atoms with Crippen molar-refractivity contribution in [3.8, 4) is 0 Å². The lowest BCUT2D eigenvalue weighted by atomic mass is 10.1. The lowest BCUT2D eigenvalue weighted by Crippen LogP contribution is -2.43. The molecule has 0 fully saturated rings. The van der Waals surface area contributed by atoms with Gasteiger partial charge in [-0.25, -0.2) is 0 Å². The number of halogens is 1. The number of quaternary nitrogens is 1. The zero-order valence-electron chi connectivity index (χ0n) is 11.5. The summed E-state index contributed by atoms with van der Waals surface area (Å²) < 4.78 is 17.8. The van der Waals surface area contributed by atoms with Crippen molar-refractivity contribution in [1.82, 2.24) is 0 Å². The molecule has 1 unspecified atom stereocenters. The van der Waals surface area contributed by atoms with Crippen LogP contribution in [0, 0.1) is 0 Å². The summed E-state index contributed by atoms with van der Waals surface area (Å²) in [6.45, 7) is 0.117. The lowest BCUT2D eigenvalue weighted by molar-refractivity contribution is -0.902. The Bertz CT molecular complexity index is 396. The van der Waals surface area contributed by atoms with Gasteiger partial charge in [0.25, 0.3) is 0 Å². The molecule has 0 radical (unpaired) electrons. The Balaban J connectivity index is 2.33. The Hall–Kier alpha value is -1.46. The predicted octanol–water partition coefficient (Wildman–Crippen LogP) is 1.10. The molecule has 106 valence electrons. The molecule has 0 bridgehead atoms. The standard InChI is InChI=1S/C14H22FN2O2/c1-17(2,11-15)8-9-19-14(18)13(16)10-12-6-4-3-5-7-12/h3-7,13H,8-11,16H2,1-2H3/q+1. The molecule has 0 spiro atoms. The van der Waals surface area contributed by atoms with Crippen LogP contribution in [0.25, 0.3) is 0 Å². The maximum atomic E-state index is 12.5. The minimum absolute atomic E-state index is 0.168. The third-order valence-electron chi connectivity index (χ3n) is 2.87. The predicted molar refractivity (Wildman–Crippen MR) is 72.0 cm³/mol. The van der Waals surface area contributed by atoms with Crippen LogP contribution >= 0.6 is 0 Å². The minimum atomic E-state index is -0.677. The minimum Gasteiger partial charge on any atom is -0.459 e. The van der Waals surface area contributed by atoms with Gasteiger partial charge in [0.2, 0.25) is 6.80 Å². The van der Waals surface area contributed by atoms with E-state index in [2.05, 4.69) is 0 Å². The molecule has 1 aromatic carbocycles. The average molecular weight is 269 g/mol. The molecule has 1 rings (SSSR count). The Labute approximate surface area is 113 Å². The van der Waals surface area contributed by atoms with Gasteiger partial charge in [0.15, 0.2) is 0 Å². The van der Waals surface area contributed by atoms with E-state index in [1.54, 1.807) is 14.1 Å². The van der Waals surface area contributed by atoms with E-state index < -0.39 is 18.8 Å². The van der Waals surface area contributed by atoms with Crippen molar-refractivity contribution < 1.29 is 18.4 Å². The fraction of sp³-hybridized carbons (Fsp3) is 0.500. The number of carbonyl (C=O) groups is 1. The first-order valence-corrected chi connectivity index (χ1v) is 6.29. The van der Waals surface area contributed by atoms with E-state index in [-0.39, 0.29) is 11.1 Å². The van der Waals surface area contributed by atoms with Crippen LogP contribution in [-0.2, 0) is 16.0 Å². The molecule has 0 heterocycles. The van der Waals surface area contributed by atoms with Crippen molar-refractivity contribution in [2.75, 3.05) is 34.0 Å². The van der Waals surface area contributed by atoms with Gasteiger partial charge < -0.3 is 10.5 Å². The number of nitrogens with two attached hydrogens (primary N) is 1. The molecule has 0 aliphatic carbocycles. The topological polar surface area (TPSA) is 52.3 Å². The molecule has 5 heteroatoms. The monoisotopic (exact) mass is 269 g/mol. The quantitative estimate of drug-likeness (QED) is 0.458. The number of esters is 1. The van der Waals surface area contributed by atoms with Gasteiger partial charge in [0.1, 0.15) is 19.2 Å². The molecule has 4 nitrogen and oxygen atoms in total. The van der Waals surface area contributed by atoms with E-state index in [0.29, 0.717) is 13.0 Å². The molecule has 2 N–H and O–H groups in total. The molecule has 1 atom stereocenters. The van der Waals surface area contributed by atoms with Crippen LogP contribution in [0.3, 0.4) is 0 Å². The van der Waals surface area contributed by atoms with Crippen molar-refractivity contribution >= 4 is 5.97 Å². The van der Waals surface area contributed by atoms with Crippen molar-refractivity contribution in [3.05, 3.63) is 35.9 Å². The lowest BCUT2D eigenvalue weighted by Gasteiger charge is -2.25.